The maximum absolute atomic E-state index is 12.0. The minimum Gasteiger partial charge on any atom is -0.351 e. The number of anilines is 1. The second-order valence-corrected chi connectivity index (χ2v) is 7.77. The van der Waals surface area contributed by atoms with Crippen LogP contribution in [0.2, 0.25) is 0 Å². The average Bonchev–Trinajstić information content (AvgIpc) is 3.10. The number of thiazole rings is 1. The summed E-state index contributed by atoms with van der Waals surface area (Å²) in [4.78, 5) is 30.7. The van der Waals surface area contributed by atoms with Crippen LogP contribution in [0.5, 0.6) is 0 Å². The second-order valence-electron chi connectivity index (χ2n) is 5.40. The van der Waals surface area contributed by atoms with Gasteiger partial charge in [0.2, 0.25) is 11.8 Å². The zero-order chi connectivity index (χ0) is 17.0. The van der Waals surface area contributed by atoms with Gasteiger partial charge in [-0.05, 0) is 25.5 Å². The minimum atomic E-state index is -0.0418. The van der Waals surface area contributed by atoms with Gasteiger partial charge in [-0.15, -0.1) is 22.7 Å². The van der Waals surface area contributed by atoms with Gasteiger partial charge >= 0.3 is 0 Å². The highest BCUT2D eigenvalue weighted by Crippen LogP contribution is 2.34. The van der Waals surface area contributed by atoms with E-state index in [9.17, 15) is 9.59 Å². The topological polar surface area (TPSA) is 71.1 Å². The van der Waals surface area contributed by atoms with Gasteiger partial charge in [-0.25, -0.2) is 4.98 Å². The van der Waals surface area contributed by atoms with Gasteiger partial charge in [0.1, 0.15) is 0 Å². The van der Waals surface area contributed by atoms with Crippen molar-refractivity contribution in [2.45, 2.75) is 40.7 Å². The summed E-state index contributed by atoms with van der Waals surface area (Å²) in [5.74, 6) is -0.0567. The van der Waals surface area contributed by atoms with Crippen LogP contribution in [-0.2, 0) is 16.1 Å². The minimum absolute atomic E-state index is 0.00493. The lowest BCUT2D eigenvalue weighted by atomic mass is 10.1. The van der Waals surface area contributed by atoms with Crippen molar-refractivity contribution in [3.63, 3.8) is 0 Å². The summed E-state index contributed by atoms with van der Waals surface area (Å²) >= 11 is 3.09. The summed E-state index contributed by atoms with van der Waals surface area (Å²) < 4.78 is 0. The first kappa shape index (κ1) is 17.6. The molecule has 1 atom stereocenters. The van der Waals surface area contributed by atoms with E-state index < -0.39 is 0 Å². The lowest BCUT2D eigenvalue weighted by Crippen LogP contribution is -2.19. The largest absolute Gasteiger partial charge is 0.351 e. The standard InChI is InChI=1S/C16H21N3O2S2/c1-5-9(2)15(21)19-16-18-14(10(3)22-16)13-7-6-12(23-13)8-17-11(4)20/h6-7,9H,5,8H2,1-4H3,(H,17,20)(H,18,19,21). The van der Waals surface area contributed by atoms with Crippen LogP contribution in [0.15, 0.2) is 12.1 Å². The molecule has 2 amide bonds. The number of rotatable bonds is 6. The summed E-state index contributed by atoms with van der Waals surface area (Å²) in [6, 6.07) is 4.00. The molecule has 2 N–H and O–H groups in total. The molecule has 1 unspecified atom stereocenters. The molecule has 2 heterocycles. The number of hydrogen-bond donors (Lipinski definition) is 2. The smallest absolute Gasteiger partial charge is 0.228 e. The number of thiophene rings is 1. The Bertz CT molecular complexity index is 706. The molecule has 0 spiro atoms. The molecule has 124 valence electrons. The fraction of sp³-hybridized carbons (Fsp3) is 0.438. The van der Waals surface area contributed by atoms with Gasteiger partial charge in [0.05, 0.1) is 17.1 Å². The van der Waals surface area contributed by atoms with Gasteiger partial charge in [0, 0.05) is 22.6 Å². The zero-order valence-electron chi connectivity index (χ0n) is 13.7. The van der Waals surface area contributed by atoms with E-state index in [-0.39, 0.29) is 17.7 Å². The Morgan fingerprint density at radius 2 is 2.04 bits per heavy atom. The van der Waals surface area contributed by atoms with Crippen molar-refractivity contribution < 1.29 is 9.59 Å². The number of aryl methyl sites for hydroxylation is 1. The summed E-state index contributed by atoms with van der Waals surface area (Å²) in [6.45, 7) is 7.93. The normalized spacial score (nSPS) is 12.0. The molecule has 2 aromatic heterocycles. The van der Waals surface area contributed by atoms with Crippen molar-refractivity contribution in [1.82, 2.24) is 10.3 Å². The van der Waals surface area contributed by atoms with Gasteiger partial charge in [-0.1, -0.05) is 13.8 Å². The van der Waals surface area contributed by atoms with Crippen LogP contribution in [0.4, 0.5) is 5.13 Å². The molecule has 2 rings (SSSR count). The third kappa shape index (κ3) is 4.62. The molecular weight excluding hydrogens is 330 g/mol. The molecule has 0 saturated carbocycles. The highest BCUT2D eigenvalue weighted by atomic mass is 32.1. The molecule has 0 radical (unpaired) electrons. The predicted molar refractivity (Wildman–Crippen MR) is 95.8 cm³/mol. The molecule has 7 heteroatoms. The number of hydrogen-bond acceptors (Lipinski definition) is 5. The fourth-order valence-electron chi connectivity index (χ4n) is 1.90. The van der Waals surface area contributed by atoms with Crippen molar-refractivity contribution in [1.29, 1.82) is 0 Å². The van der Waals surface area contributed by atoms with E-state index >= 15 is 0 Å². The van der Waals surface area contributed by atoms with E-state index in [1.807, 2.05) is 32.9 Å². The SMILES string of the molecule is CCC(C)C(=O)Nc1nc(-c2ccc(CNC(C)=O)s2)c(C)s1. The molecule has 0 aromatic carbocycles. The molecule has 0 saturated heterocycles. The zero-order valence-corrected chi connectivity index (χ0v) is 15.4. The predicted octanol–water partition coefficient (Wildman–Crippen LogP) is 3.80. The Morgan fingerprint density at radius 1 is 1.30 bits per heavy atom. The molecular formula is C16H21N3O2S2. The van der Waals surface area contributed by atoms with Gasteiger partial charge in [-0.2, -0.15) is 0 Å². The van der Waals surface area contributed by atoms with Crippen molar-refractivity contribution >= 4 is 39.6 Å². The molecule has 0 aliphatic heterocycles. The first-order valence-electron chi connectivity index (χ1n) is 7.52. The quantitative estimate of drug-likeness (QED) is 0.831. The summed E-state index contributed by atoms with van der Waals surface area (Å²) in [5.41, 5.74) is 0.897. The van der Waals surface area contributed by atoms with Crippen molar-refractivity contribution in [2.75, 3.05) is 5.32 Å². The average molecular weight is 351 g/mol. The number of carbonyl (C=O) groups is 2. The third-order valence-electron chi connectivity index (χ3n) is 3.49. The number of nitrogens with zero attached hydrogens (tertiary/aromatic N) is 1. The molecule has 5 nitrogen and oxygen atoms in total. The van der Waals surface area contributed by atoms with Crippen LogP contribution in [0.25, 0.3) is 10.6 Å². The lowest BCUT2D eigenvalue weighted by Gasteiger charge is -2.06. The van der Waals surface area contributed by atoms with Crippen molar-refractivity contribution in [3.8, 4) is 10.6 Å². The number of aromatic nitrogens is 1. The van der Waals surface area contributed by atoms with Gasteiger partial charge in [-0.3, -0.25) is 9.59 Å². The Morgan fingerprint density at radius 3 is 2.70 bits per heavy atom. The van der Waals surface area contributed by atoms with Gasteiger partial charge < -0.3 is 10.6 Å². The first-order valence-corrected chi connectivity index (χ1v) is 9.15. The van der Waals surface area contributed by atoms with Crippen LogP contribution >= 0.6 is 22.7 Å². The van der Waals surface area contributed by atoms with E-state index in [2.05, 4.69) is 15.6 Å². The highest BCUT2D eigenvalue weighted by Gasteiger charge is 2.16. The Hall–Kier alpha value is -1.73. The maximum Gasteiger partial charge on any atom is 0.228 e. The van der Waals surface area contributed by atoms with Crippen LogP contribution in [0.3, 0.4) is 0 Å². The summed E-state index contributed by atoms with van der Waals surface area (Å²) in [6.07, 6.45) is 0.806. The van der Waals surface area contributed by atoms with Crippen LogP contribution in [0.1, 0.15) is 36.9 Å². The van der Waals surface area contributed by atoms with E-state index in [0.717, 1.165) is 26.7 Å². The van der Waals surface area contributed by atoms with Crippen LogP contribution in [0, 0.1) is 12.8 Å². The number of carbonyl (C=O) groups excluding carboxylic acids is 2. The van der Waals surface area contributed by atoms with Crippen LogP contribution < -0.4 is 10.6 Å². The first-order chi connectivity index (χ1) is 10.9. The molecule has 23 heavy (non-hydrogen) atoms. The fourth-order valence-corrected chi connectivity index (χ4v) is 3.79. The van der Waals surface area contributed by atoms with Crippen LogP contribution in [-0.4, -0.2) is 16.8 Å². The Kier molecular flexibility index (Phi) is 5.90. The Labute approximate surface area is 144 Å². The molecule has 0 aliphatic carbocycles. The van der Waals surface area contributed by atoms with Gasteiger partial charge in [0.25, 0.3) is 0 Å². The van der Waals surface area contributed by atoms with E-state index in [1.54, 1.807) is 11.3 Å². The Balaban J connectivity index is 2.12. The summed E-state index contributed by atoms with van der Waals surface area (Å²) in [5, 5.41) is 6.31. The monoisotopic (exact) mass is 351 g/mol. The summed E-state index contributed by atoms with van der Waals surface area (Å²) in [7, 11) is 0. The molecule has 2 aromatic rings. The number of amides is 2. The maximum atomic E-state index is 12.0. The lowest BCUT2D eigenvalue weighted by molar-refractivity contribution is -0.120. The second kappa shape index (κ2) is 7.70. The third-order valence-corrected chi connectivity index (χ3v) is 5.47. The highest BCUT2D eigenvalue weighted by molar-refractivity contribution is 7.18. The molecule has 0 fully saturated rings. The van der Waals surface area contributed by atoms with Crippen molar-refractivity contribution in [3.05, 3.63) is 21.9 Å². The van der Waals surface area contributed by atoms with E-state index in [0.29, 0.717) is 11.7 Å². The number of nitrogens with one attached hydrogen (secondary N) is 2. The van der Waals surface area contributed by atoms with E-state index in [1.165, 1.54) is 18.3 Å². The molecule has 0 aliphatic rings. The van der Waals surface area contributed by atoms with E-state index in [4.69, 9.17) is 0 Å². The molecule has 0 bridgehead atoms. The van der Waals surface area contributed by atoms with Crippen molar-refractivity contribution in [2.24, 2.45) is 5.92 Å². The van der Waals surface area contributed by atoms with Gasteiger partial charge in [0.15, 0.2) is 5.13 Å².